The van der Waals surface area contributed by atoms with E-state index in [2.05, 4.69) is 15.1 Å². The van der Waals surface area contributed by atoms with Crippen LogP contribution in [0.5, 0.6) is 0 Å². The largest absolute Gasteiger partial charge is 0.299 e. The van der Waals surface area contributed by atoms with E-state index in [0.717, 1.165) is 36.1 Å². The van der Waals surface area contributed by atoms with Crippen molar-refractivity contribution >= 4 is 0 Å². The zero-order chi connectivity index (χ0) is 15.0. The van der Waals surface area contributed by atoms with E-state index in [1.54, 1.807) is 12.8 Å². The van der Waals surface area contributed by atoms with E-state index < -0.39 is 0 Å². The van der Waals surface area contributed by atoms with Gasteiger partial charge in [-0.2, -0.15) is 0 Å². The predicted octanol–water partition coefficient (Wildman–Crippen LogP) is 2.81. The van der Waals surface area contributed by atoms with Gasteiger partial charge >= 0.3 is 0 Å². The highest BCUT2D eigenvalue weighted by atomic mass is 15.4. The van der Waals surface area contributed by atoms with E-state index in [1.165, 1.54) is 71.0 Å². The van der Waals surface area contributed by atoms with Crippen LogP contribution < -0.4 is 5.32 Å². The molecule has 5 heterocycles. The lowest BCUT2D eigenvalue weighted by molar-refractivity contribution is -0.198. The summed E-state index contributed by atoms with van der Waals surface area (Å²) in [5.41, 5.74) is 0.596. The van der Waals surface area contributed by atoms with Crippen LogP contribution in [0.3, 0.4) is 0 Å². The maximum Gasteiger partial charge on any atom is 0.0602 e. The van der Waals surface area contributed by atoms with Crippen molar-refractivity contribution in [1.82, 2.24) is 15.1 Å². The first-order chi connectivity index (χ1) is 11.4. The normalized spacial score (nSPS) is 55.8. The van der Waals surface area contributed by atoms with Crippen LogP contribution in [0.2, 0.25) is 0 Å². The molecule has 6 aliphatic rings. The van der Waals surface area contributed by atoms with Crippen molar-refractivity contribution in [3.05, 3.63) is 0 Å². The van der Waals surface area contributed by atoms with Crippen LogP contribution in [0.4, 0.5) is 0 Å². The first-order valence-corrected chi connectivity index (χ1v) is 10.6. The molecule has 5 aliphatic heterocycles. The number of hydrogen-bond donors (Lipinski definition) is 1. The van der Waals surface area contributed by atoms with Gasteiger partial charge in [-0.15, -0.1) is 0 Å². The van der Waals surface area contributed by atoms with E-state index in [9.17, 15) is 0 Å². The Bertz CT molecular complexity index is 493. The van der Waals surface area contributed by atoms with Gasteiger partial charge in [0.05, 0.1) is 6.17 Å². The second-order valence-corrected chi connectivity index (χ2v) is 9.72. The molecule has 23 heavy (non-hydrogen) atoms. The molecule has 6 rings (SSSR count). The molecule has 0 radical (unpaired) electrons. The Labute approximate surface area is 141 Å². The van der Waals surface area contributed by atoms with Crippen molar-refractivity contribution in [3.63, 3.8) is 0 Å². The third-order valence-electron chi connectivity index (χ3n) is 8.80. The minimum atomic E-state index is 0.596. The van der Waals surface area contributed by atoms with E-state index >= 15 is 0 Å². The molecule has 0 amide bonds. The summed E-state index contributed by atoms with van der Waals surface area (Å²) in [7, 11) is 0. The summed E-state index contributed by atoms with van der Waals surface area (Å²) in [6, 6.07) is 2.70. The Morgan fingerprint density at radius 1 is 0.870 bits per heavy atom. The van der Waals surface area contributed by atoms with E-state index in [1.807, 2.05) is 0 Å². The van der Waals surface area contributed by atoms with Gasteiger partial charge in [0.15, 0.2) is 0 Å². The Hall–Kier alpha value is -0.120. The van der Waals surface area contributed by atoms with E-state index in [0.29, 0.717) is 5.41 Å². The maximum atomic E-state index is 4.15. The average Bonchev–Trinajstić information content (AvgIpc) is 2.60. The van der Waals surface area contributed by atoms with Gasteiger partial charge in [-0.25, -0.2) is 0 Å². The zero-order valence-electron chi connectivity index (χ0n) is 14.6. The standard InChI is InChI=1S/C20H33N3/c1-2-9-22-13-20-12-15(16(22)6-1)11-14-5-4-10-23(19(14)20)18-8-3-7-17(20)21-18/h14-19,21H,1-13H2/t14-,15+,16+,17-,18+,19+,20+/m0/s1. The molecule has 5 saturated heterocycles. The number of fused-ring (bicyclic) bond motifs is 6. The molecule has 0 aromatic rings. The van der Waals surface area contributed by atoms with Crippen molar-refractivity contribution in [2.45, 2.75) is 88.5 Å². The smallest absolute Gasteiger partial charge is 0.0602 e. The molecule has 0 unspecified atom stereocenters. The fourth-order valence-corrected chi connectivity index (χ4v) is 8.25. The van der Waals surface area contributed by atoms with Crippen LogP contribution >= 0.6 is 0 Å². The van der Waals surface area contributed by atoms with Gasteiger partial charge in [0.2, 0.25) is 0 Å². The molecule has 1 spiro atoms. The third kappa shape index (κ3) is 1.82. The Morgan fingerprint density at radius 2 is 1.87 bits per heavy atom. The predicted molar refractivity (Wildman–Crippen MR) is 92.1 cm³/mol. The molecule has 0 aromatic carbocycles. The van der Waals surface area contributed by atoms with E-state index in [-0.39, 0.29) is 0 Å². The summed E-state index contributed by atoms with van der Waals surface area (Å²) in [6.07, 6.45) is 15.6. The van der Waals surface area contributed by atoms with Crippen LogP contribution in [0, 0.1) is 17.3 Å². The monoisotopic (exact) mass is 315 g/mol. The lowest BCUT2D eigenvalue weighted by Gasteiger charge is -2.70. The quantitative estimate of drug-likeness (QED) is 0.741. The summed E-state index contributed by atoms with van der Waals surface area (Å²) in [4.78, 5) is 5.95. The van der Waals surface area contributed by atoms with E-state index in [4.69, 9.17) is 0 Å². The highest BCUT2D eigenvalue weighted by Crippen LogP contribution is 2.59. The minimum Gasteiger partial charge on any atom is -0.299 e. The Balaban J connectivity index is 1.44. The van der Waals surface area contributed by atoms with Gasteiger partial charge in [-0.3, -0.25) is 15.1 Å². The summed E-state index contributed by atoms with van der Waals surface area (Å²) < 4.78 is 0. The van der Waals surface area contributed by atoms with Gasteiger partial charge in [-0.1, -0.05) is 6.42 Å². The third-order valence-corrected chi connectivity index (χ3v) is 8.80. The molecule has 4 bridgehead atoms. The second-order valence-electron chi connectivity index (χ2n) is 9.72. The Kier molecular flexibility index (Phi) is 3.04. The lowest BCUT2D eigenvalue weighted by atomic mass is 9.50. The van der Waals surface area contributed by atoms with Crippen molar-refractivity contribution < 1.29 is 0 Å². The number of rotatable bonds is 0. The topological polar surface area (TPSA) is 18.5 Å². The molecule has 1 saturated carbocycles. The van der Waals surface area contributed by atoms with Crippen molar-refractivity contribution in [1.29, 1.82) is 0 Å². The number of nitrogens with one attached hydrogen (secondary N) is 1. The molecule has 6 fully saturated rings. The Morgan fingerprint density at radius 3 is 2.87 bits per heavy atom. The molecular weight excluding hydrogens is 282 g/mol. The van der Waals surface area contributed by atoms with Crippen molar-refractivity contribution in [3.8, 4) is 0 Å². The number of nitrogens with zero attached hydrogens (tertiary/aromatic N) is 2. The van der Waals surface area contributed by atoms with Crippen LogP contribution in [-0.2, 0) is 0 Å². The molecular formula is C20H33N3. The molecule has 0 aromatic heterocycles. The minimum absolute atomic E-state index is 0.596. The molecule has 1 aliphatic carbocycles. The first-order valence-electron chi connectivity index (χ1n) is 10.6. The fourth-order valence-electron chi connectivity index (χ4n) is 8.25. The van der Waals surface area contributed by atoms with Gasteiger partial charge in [-0.05, 0) is 82.7 Å². The summed E-state index contributed by atoms with van der Waals surface area (Å²) in [5.74, 6) is 2.04. The van der Waals surface area contributed by atoms with Crippen LogP contribution in [0.15, 0.2) is 0 Å². The first kappa shape index (κ1) is 14.1. The van der Waals surface area contributed by atoms with Gasteiger partial charge < -0.3 is 0 Å². The molecule has 3 nitrogen and oxygen atoms in total. The van der Waals surface area contributed by atoms with Crippen LogP contribution in [-0.4, -0.2) is 53.7 Å². The van der Waals surface area contributed by atoms with Crippen molar-refractivity contribution in [2.75, 3.05) is 19.6 Å². The lowest BCUT2D eigenvalue weighted by Crippen LogP contribution is -2.80. The van der Waals surface area contributed by atoms with Gasteiger partial charge in [0.25, 0.3) is 0 Å². The maximum absolute atomic E-state index is 4.15. The number of piperidine rings is 4. The fraction of sp³-hybridized carbons (Fsp3) is 1.00. The van der Waals surface area contributed by atoms with Gasteiger partial charge in [0, 0.05) is 30.1 Å². The highest BCUT2D eigenvalue weighted by molar-refractivity contribution is 5.18. The van der Waals surface area contributed by atoms with Gasteiger partial charge in [0.1, 0.15) is 0 Å². The molecule has 1 N–H and O–H groups in total. The molecule has 128 valence electrons. The molecule has 7 atom stereocenters. The summed E-state index contributed by atoms with van der Waals surface area (Å²) in [6.45, 7) is 4.20. The summed E-state index contributed by atoms with van der Waals surface area (Å²) in [5, 5.41) is 4.15. The zero-order valence-corrected chi connectivity index (χ0v) is 14.6. The average molecular weight is 316 g/mol. The molecule has 3 heteroatoms. The summed E-state index contributed by atoms with van der Waals surface area (Å²) >= 11 is 0. The van der Waals surface area contributed by atoms with Crippen molar-refractivity contribution in [2.24, 2.45) is 17.3 Å². The van der Waals surface area contributed by atoms with Crippen LogP contribution in [0.1, 0.15) is 64.2 Å². The number of hydrogen-bond acceptors (Lipinski definition) is 3. The van der Waals surface area contributed by atoms with Crippen LogP contribution in [0.25, 0.3) is 0 Å². The SMILES string of the molecule is C1CCN2C[C@]34C[C@@H](C[C@@H]5CCCN([C@@H]6CCC[C@@H]3N6)[C@H]54)[C@H]2C1. The highest BCUT2D eigenvalue weighted by Gasteiger charge is 2.63. The second kappa shape index (κ2) is 4.95.